The number of hydrogen-bond donors (Lipinski definition) is 2. The summed E-state index contributed by atoms with van der Waals surface area (Å²) in [7, 11) is 0. The Morgan fingerprint density at radius 3 is 2.25 bits per heavy atom. The van der Waals surface area contributed by atoms with Crippen LogP contribution < -0.4 is 45.1 Å². The van der Waals surface area contributed by atoms with Crippen molar-refractivity contribution in [3.05, 3.63) is 51.6 Å². The SMILES string of the molecule is N[C@@](I)(C(=O)O)[C@H](I)c1ccc(Oc2ccc([O-])c(I)c2)cc1.[Na+]. The summed E-state index contributed by atoms with van der Waals surface area (Å²) in [5.74, 6) is 0.0553. The monoisotopic (exact) mass is 673 g/mol. The van der Waals surface area contributed by atoms with Gasteiger partial charge in [-0.25, -0.2) is 4.79 Å². The zero-order valence-electron chi connectivity index (χ0n) is 12.5. The van der Waals surface area contributed by atoms with Crippen molar-refractivity contribution in [2.45, 2.75) is 7.47 Å². The van der Waals surface area contributed by atoms with Crippen molar-refractivity contribution in [2.24, 2.45) is 5.73 Å². The van der Waals surface area contributed by atoms with Gasteiger partial charge in [-0.2, -0.15) is 0 Å². The molecule has 0 fully saturated rings. The minimum Gasteiger partial charge on any atom is -0.872 e. The first kappa shape index (κ1) is 22.7. The Morgan fingerprint density at radius 2 is 1.75 bits per heavy atom. The molecule has 0 amide bonds. The van der Waals surface area contributed by atoms with Gasteiger partial charge in [0.25, 0.3) is 0 Å². The largest absolute Gasteiger partial charge is 1.00 e. The number of nitrogens with two attached hydrogens (primary N) is 1. The molecule has 0 aliphatic heterocycles. The van der Waals surface area contributed by atoms with Crippen molar-refractivity contribution in [2.75, 3.05) is 0 Å². The minimum absolute atomic E-state index is 0. The maximum Gasteiger partial charge on any atom is 1.00 e. The van der Waals surface area contributed by atoms with Crippen molar-refractivity contribution in [1.29, 1.82) is 0 Å². The van der Waals surface area contributed by atoms with Gasteiger partial charge in [-0.15, -0.1) is 0 Å². The molecule has 122 valence electrons. The Bertz CT molecular complexity index is 725. The summed E-state index contributed by atoms with van der Waals surface area (Å²) in [6, 6.07) is 11.8. The second-order valence-electron chi connectivity index (χ2n) is 4.70. The van der Waals surface area contributed by atoms with E-state index in [0.717, 1.165) is 5.56 Å². The summed E-state index contributed by atoms with van der Waals surface area (Å²) >= 11 is 5.71. The molecule has 0 heterocycles. The standard InChI is InChI=1S/C15H12I3NO4.Na/c16-11-7-10(5-6-12(11)20)23-9-3-1-8(2-4-9)13(17)15(18,19)14(21)22;/h1-7,13,20H,19H2,(H,21,22);/q;+1/p-1/t13-,15-;/m1./s1. The molecule has 0 unspecified atom stereocenters. The summed E-state index contributed by atoms with van der Waals surface area (Å²) in [6.45, 7) is 0. The maximum absolute atomic E-state index is 11.4. The van der Waals surface area contributed by atoms with E-state index in [0.29, 0.717) is 15.1 Å². The Kier molecular flexibility index (Phi) is 9.04. The fraction of sp³-hybridized carbons (Fsp3) is 0.133. The molecule has 0 saturated heterocycles. The van der Waals surface area contributed by atoms with Crippen LogP contribution >= 0.6 is 67.8 Å². The van der Waals surface area contributed by atoms with Gasteiger partial charge in [-0.05, 0) is 75.0 Å². The second-order valence-corrected chi connectivity index (χ2v) is 8.89. The van der Waals surface area contributed by atoms with E-state index in [-0.39, 0.29) is 35.3 Å². The zero-order chi connectivity index (χ0) is 17.2. The van der Waals surface area contributed by atoms with E-state index >= 15 is 0 Å². The summed E-state index contributed by atoms with van der Waals surface area (Å²) < 4.78 is 4.49. The average Bonchev–Trinajstić information content (AvgIpc) is 2.51. The minimum atomic E-state index is -1.39. The fourth-order valence-corrected chi connectivity index (χ4v) is 3.26. The van der Waals surface area contributed by atoms with Crippen molar-refractivity contribution in [1.82, 2.24) is 0 Å². The molecule has 0 aliphatic carbocycles. The number of halogens is 3. The molecule has 0 spiro atoms. The molecule has 9 heteroatoms. The number of rotatable bonds is 5. The first-order chi connectivity index (χ1) is 10.7. The van der Waals surface area contributed by atoms with E-state index in [1.165, 1.54) is 6.07 Å². The van der Waals surface area contributed by atoms with Crippen LogP contribution in [0.1, 0.15) is 9.49 Å². The van der Waals surface area contributed by atoms with Crippen LogP contribution in [0.3, 0.4) is 0 Å². The van der Waals surface area contributed by atoms with Crippen molar-refractivity contribution < 1.29 is 49.3 Å². The topological polar surface area (TPSA) is 95.6 Å². The number of benzene rings is 2. The smallest absolute Gasteiger partial charge is 0.872 e. The predicted molar refractivity (Wildman–Crippen MR) is 110 cm³/mol. The van der Waals surface area contributed by atoms with Crippen LogP contribution in [0.5, 0.6) is 17.2 Å². The molecular weight excluding hydrogens is 662 g/mol. The molecular formula is C15H11I3NNaO4. The van der Waals surface area contributed by atoms with Crippen LogP contribution in [-0.4, -0.2) is 14.6 Å². The summed E-state index contributed by atoms with van der Waals surface area (Å²) in [5, 5.41) is 20.6. The molecule has 0 aliphatic rings. The third kappa shape index (κ3) is 5.58. The van der Waals surface area contributed by atoms with Crippen LogP contribution in [0.4, 0.5) is 0 Å². The first-order valence-corrected chi connectivity index (χ1v) is 9.71. The van der Waals surface area contributed by atoms with Gasteiger partial charge >= 0.3 is 35.5 Å². The number of carbonyl (C=O) groups is 1. The maximum atomic E-state index is 11.4. The molecule has 0 bridgehead atoms. The summed E-state index contributed by atoms with van der Waals surface area (Å²) in [4.78, 5) is 11.2. The van der Waals surface area contributed by atoms with E-state index in [1.54, 1.807) is 59.0 Å². The molecule has 0 saturated carbocycles. The average molecular weight is 673 g/mol. The molecule has 2 aromatic rings. The third-order valence-corrected chi connectivity index (χ3v) is 7.83. The number of alkyl halides is 2. The van der Waals surface area contributed by atoms with Crippen LogP contribution in [0.2, 0.25) is 0 Å². The van der Waals surface area contributed by atoms with Crippen molar-refractivity contribution in [3.63, 3.8) is 0 Å². The Morgan fingerprint density at radius 1 is 1.21 bits per heavy atom. The Balaban J connectivity index is 0.00000288. The normalized spacial score (nSPS) is 14.2. The van der Waals surface area contributed by atoms with Crippen molar-refractivity contribution in [3.8, 4) is 17.2 Å². The van der Waals surface area contributed by atoms with E-state index in [1.807, 2.05) is 45.2 Å². The van der Waals surface area contributed by atoms with Crippen LogP contribution in [-0.2, 0) is 4.79 Å². The van der Waals surface area contributed by atoms with Crippen molar-refractivity contribution >= 4 is 73.7 Å². The first-order valence-electron chi connectivity index (χ1n) is 6.31. The summed E-state index contributed by atoms with van der Waals surface area (Å²) in [5.41, 5.74) is 6.64. The van der Waals surface area contributed by atoms with Gasteiger partial charge in [0.1, 0.15) is 11.5 Å². The number of aliphatic carboxylic acids is 1. The molecule has 0 radical (unpaired) electrons. The Hall–Kier alpha value is 0.660. The van der Waals surface area contributed by atoms with Gasteiger partial charge < -0.3 is 20.7 Å². The Labute approximate surface area is 202 Å². The fourth-order valence-electron chi connectivity index (χ4n) is 1.74. The second kappa shape index (κ2) is 9.55. The van der Waals surface area contributed by atoms with Crippen LogP contribution in [0.15, 0.2) is 42.5 Å². The number of ether oxygens (including phenoxy) is 1. The van der Waals surface area contributed by atoms with E-state index in [4.69, 9.17) is 10.5 Å². The van der Waals surface area contributed by atoms with Gasteiger partial charge in [-0.3, -0.25) is 0 Å². The van der Waals surface area contributed by atoms with Gasteiger partial charge in [0, 0.05) is 3.57 Å². The number of hydrogen-bond acceptors (Lipinski definition) is 4. The van der Waals surface area contributed by atoms with Gasteiger partial charge in [0.05, 0.1) is 3.92 Å². The molecule has 5 nitrogen and oxygen atoms in total. The van der Waals surface area contributed by atoms with E-state index in [9.17, 15) is 15.0 Å². The van der Waals surface area contributed by atoms with Gasteiger partial charge in [0.15, 0.2) is 3.55 Å². The quantitative estimate of drug-likeness (QED) is 0.212. The van der Waals surface area contributed by atoms with E-state index in [2.05, 4.69) is 0 Å². The summed E-state index contributed by atoms with van der Waals surface area (Å²) in [6.07, 6.45) is 0. The van der Waals surface area contributed by atoms with E-state index < -0.39 is 13.4 Å². The molecule has 0 aromatic heterocycles. The zero-order valence-corrected chi connectivity index (χ0v) is 21.0. The van der Waals surface area contributed by atoms with Crippen LogP contribution in [0, 0.1) is 3.57 Å². The molecule has 2 rings (SSSR count). The van der Waals surface area contributed by atoms with Gasteiger partial charge in [0.2, 0.25) is 0 Å². The molecule has 3 N–H and O–H groups in total. The molecule has 24 heavy (non-hydrogen) atoms. The van der Waals surface area contributed by atoms with Gasteiger partial charge in [-0.1, -0.05) is 46.5 Å². The molecule has 2 atom stereocenters. The third-order valence-electron chi connectivity index (χ3n) is 3.01. The predicted octanol–water partition coefficient (Wildman–Crippen LogP) is 0.812. The molecule has 2 aromatic carbocycles. The number of carboxylic acid groups (broad SMARTS) is 1. The van der Waals surface area contributed by atoms with Crippen LogP contribution in [0.25, 0.3) is 0 Å². The number of carboxylic acids is 1.